The van der Waals surface area contributed by atoms with Crippen molar-refractivity contribution in [2.45, 2.75) is 53.0 Å². The van der Waals surface area contributed by atoms with Crippen molar-refractivity contribution in [3.8, 4) is 17.2 Å². The Kier molecular flexibility index (Phi) is 5.08. The number of carbonyl (C=O) groups excluding carboxylic acids is 1. The molecule has 134 valence electrons. The SMILES string of the molecule is CCC(=O)c1ncc(-c2cc3c(cc2C#N)N(C(C)C)CCC3)cc1C. The van der Waals surface area contributed by atoms with Crippen LogP contribution in [0.15, 0.2) is 24.4 Å². The molecule has 0 unspecified atom stereocenters. The number of rotatable bonds is 4. The number of hydrogen-bond acceptors (Lipinski definition) is 4. The Morgan fingerprint density at radius 1 is 1.35 bits per heavy atom. The lowest BCUT2D eigenvalue weighted by molar-refractivity contribution is 0.0983. The van der Waals surface area contributed by atoms with E-state index in [0.29, 0.717) is 23.7 Å². The van der Waals surface area contributed by atoms with Crippen LogP contribution in [0.1, 0.15) is 60.8 Å². The van der Waals surface area contributed by atoms with Gasteiger partial charge in [-0.25, -0.2) is 0 Å². The van der Waals surface area contributed by atoms with Gasteiger partial charge in [-0.05, 0) is 62.9 Å². The zero-order chi connectivity index (χ0) is 18.8. The largest absolute Gasteiger partial charge is 0.369 e. The molecule has 0 N–H and O–H groups in total. The van der Waals surface area contributed by atoms with Crippen molar-refractivity contribution < 1.29 is 4.79 Å². The highest BCUT2D eigenvalue weighted by Gasteiger charge is 2.22. The van der Waals surface area contributed by atoms with Gasteiger partial charge in [0.15, 0.2) is 5.78 Å². The van der Waals surface area contributed by atoms with Gasteiger partial charge in [-0.2, -0.15) is 5.26 Å². The topological polar surface area (TPSA) is 57.0 Å². The molecule has 3 rings (SSSR count). The molecule has 0 radical (unpaired) electrons. The summed E-state index contributed by atoms with van der Waals surface area (Å²) in [5.41, 5.74) is 6.31. The number of pyridine rings is 1. The van der Waals surface area contributed by atoms with Crippen LogP contribution in [0.2, 0.25) is 0 Å². The van der Waals surface area contributed by atoms with Crippen molar-refractivity contribution in [2.24, 2.45) is 0 Å². The zero-order valence-electron chi connectivity index (χ0n) is 16.0. The maximum atomic E-state index is 12.0. The van der Waals surface area contributed by atoms with Crippen molar-refractivity contribution >= 4 is 11.5 Å². The lowest BCUT2D eigenvalue weighted by atomic mass is 9.91. The first kappa shape index (κ1) is 18.1. The summed E-state index contributed by atoms with van der Waals surface area (Å²) >= 11 is 0. The summed E-state index contributed by atoms with van der Waals surface area (Å²) in [7, 11) is 0. The molecule has 0 saturated carbocycles. The van der Waals surface area contributed by atoms with E-state index in [1.807, 2.05) is 26.0 Å². The first-order chi connectivity index (χ1) is 12.5. The molecule has 1 aliphatic heterocycles. The minimum absolute atomic E-state index is 0.0487. The van der Waals surface area contributed by atoms with Gasteiger partial charge in [-0.15, -0.1) is 0 Å². The fourth-order valence-corrected chi connectivity index (χ4v) is 3.71. The molecule has 2 heterocycles. The van der Waals surface area contributed by atoms with Gasteiger partial charge >= 0.3 is 0 Å². The van der Waals surface area contributed by atoms with Crippen molar-refractivity contribution in [1.82, 2.24) is 4.98 Å². The Bertz CT molecular complexity index is 893. The fourth-order valence-electron chi connectivity index (χ4n) is 3.71. The highest BCUT2D eigenvalue weighted by molar-refractivity contribution is 5.95. The molecule has 1 aromatic heterocycles. The van der Waals surface area contributed by atoms with E-state index in [-0.39, 0.29) is 5.78 Å². The summed E-state index contributed by atoms with van der Waals surface area (Å²) in [6.07, 6.45) is 4.32. The normalized spacial score (nSPS) is 13.5. The molecule has 0 atom stereocenters. The average Bonchev–Trinajstić information content (AvgIpc) is 2.65. The van der Waals surface area contributed by atoms with Gasteiger partial charge in [0.05, 0.1) is 11.6 Å². The Morgan fingerprint density at radius 3 is 2.73 bits per heavy atom. The third-order valence-corrected chi connectivity index (χ3v) is 5.09. The number of carbonyl (C=O) groups is 1. The van der Waals surface area contributed by atoms with Crippen molar-refractivity contribution in [3.63, 3.8) is 0 Å². The average molecular weight is 347 g/mol. The minimum atomic E-state index is 0.0487. The van der Waals surface area contributed by atoms with Gasteiger partial charge < -0.3 is 4.90 Å². The van der Waals surface area contributed by atoms with Gasteiger partial charge in [0.1, 0.15) is 5.69 Å². The van der Waals surface area contributed by atoms with Gasteiger partial charge in [0.25, 0.3) is 0 Å². The van der Waals surface area contributed by atoms with Gasteiger partial charge in [0, 0.05) is 42.0 Å². The lowest BCUT2D eigenvalue weighted by Crippen LogP contribution is -2.35. The first-order valence-electron chi connectivity index (χ1n) is 9.30. The van der Waals surface area contributed by atoms with E-state index >= 15 is 0 Å². The molecule has 4 nitrogen and oxygen atoms in total. The third-order valence-electron chi connectivity index (χ3n) is 5.09. The highest BCUT2D eigenvalue weighted by atomic mass is 16.1. The number of hydrogen-bond donors (Lipinski definition) is 0. The summed E-state index contributed by atoms with van der Waals surface area (Å²) in [5.74, 6) is 0.0487. The molecule has 0 fully saturated rings. The number of aromatic nitrogens is 1. The molecular formula is C22H25N3O. The molecule has 1 aromatic carbocycles. The lowest BCUT2D eigenvalue weighted by Gasteiger charge is -2.35. The van der Waals surface area contributed by atoms with E-state index in [1.165, 1.54) is 11.3 Å². The molecule has 0 bridgehead atoms. The second kappa shape index (κ2) is 7.29. The van der Waals surface area contributed by atoms with Crippen molar-refractivity contribution in [3.05, 3.63) is 46.8 Å². The summed E-state index contributed by atoms with van der Waals surface area (Å²) < 4.78 is 0. The highest BCUT2D eigenvalue weighted by Crippen LogP contribution is 2.35. The van der Waals surface area contributed by atoms with Crippen LogP contribution in [-0.4, -0.2) is 23.4 Å². The van der Waals surface area contributed by atoms with Gasteiger partial charge in [-0.3, -0.25) is 9.78 Å². The first-order valence-corrected chi connectivity index (χ1v) is 9.30. The number of aryl methyl sites for hydroxylation is 2. The second-order valence-electron chi connectivity index (χ2n) is 7.20. The molecule has 26 heavy (non-hydrogen) atoms. The predicted octanol–water partition coefficient (Wildman–Crippen LogP) is 4.68. The Balaban J connectivity index is 2.10. The van der Waals surface area contributed by atoms with Crippen LogP contribution in [0, 0.1) is 18.3 Å². The predicted molar refractivity (Wildman–Crippen MR) is 105 cm³/mol. The van der Waals surface area contributed by atoms with E-state index in [0.717, 1.165) is 36.1 Å². The maximum absolute atomic E-state index is 12.0. The van der Waals surface area contributed by atoms with E-state index in [2.05, 4.69) is 35.9 Å². The fraction of sp³-hybridized carbons (Fsp3) is 0.409. The summed E-state index contributed by atoms with van der Waals surface area (Å²) in [6, 6.07) is 8.89. The number of nitriles is 1. The number of fused-ring (bicyclic) bond motifs is 1. The number of anilines is 1. The molecule has 1 aliphatic rings. The smallest absolute Gasteiger partial charge is 0.181 e. The standard InChI is InChI=1S/C22H25N3O/c1-5-21(26)22-15(4)9-18(13-24-22)19-10-16-7-6-8-25(14(2)3)20(16)11-17(19)12-23/h9-11,13-14H,5-8H2,1-4H3. The monoisotopic (exact) mass is 347 g/mol. The molecular weight excluding hydrogens is 322 g/mol. The molecule has 4 heteroatoms. The van der Waals surface area contributed by atoms with Crippen LogP contribution in [0.4, 0.5) is 5.69 Å². The zero-order valence-corrected chi connectivity index (χ0v) is 16.0. The second-order valence-corrected chi connectivity index (χ2v) is 7.20. The summed E-state index contributed by atoms with van der Waals surface area (Å²) in [4.78, 5) is 18.7. The van der Waals surface area contributed by atoms with Crippen LogP contribution in [0.25, 0.3) is 11.1 Å². The Morgan fingerprint density at radius 2 is 2.12 bits per heavy atom. The molecule has 2 aromatic rings. The molecule has 0 aliphatic carbocycles. The van der Waals surface area contributed by atoms with Crippen LogP contribution in [-0.2, 0) is 6.42 Å². The van der Waals surface area contributed by atoms with E-state index < -0.39 is 0 Å². The Labute approximate surface area is 155 Å². The van der Waals surface area contributed by atoms with Crippen molar-refractivity contribution in [1.29, 1.82) is 5.26 Å². The summed E-state index contributed by atoms with van der Waals surface area (Å²) in [5, 5.41) is 9.71. The van der Waals surface area contributed by atoms with E-state index in [1.54, 1.807) is 6.20 Å². The number of benzene rings is 1. The van der Waals surface area contributed by atoms with Gasteiger partial charge in [-0.1, -0.05) is 6.92 Å². The van der Waals surface area contributed by atoms with Crippen LogP contribution in [0.3, 0.4) is 0 Å². The Hall–Kier alpha value is -2.67. The van der Waals surface area contributed by atoms with Crippen LogP contribution < -0.4 is 4.90 Å². The minimum Gasteiger partial charge on any atom is -0.369 e. The molecule has 0 saturated heterocycles. The van der Waals surface area contributed by atoms with Crippen LogP contribution in [0.5, 0.6) is 0 Å². The quantitative estimate of drug-likeness (QED) is 0.753. The molecule has 0 amide bonds. The third kappa shape index (κ3) is 3.22. The van der Waals surface area contributed by atoms with E-state index in [4.69, 9.17) is 0 Å². The van der Waals surface area contributed by atoms with Crippen molar-refractivity contribution in [2.75, 3.05) is 11.4 Å². The van der Waals surface area contributed by atoms with Crippen LogP contribution >= 0.6 is 0 Å². The number of Topliss-reactive ketones (excluding diaryl/α,β-unsaturated/α-hetero) is 1. The maximum Gasteiger partial charge on any atom is 0.181 e. The van der Waals surface area contributed by atoms with Gasteiger partial charge in [0.2, 0.25) is 0 Å². The summed E-state index contributed by atoms with van der Waals surface area (Å²) in [6.45, 7) is 9.15. The number of ketones is 1. The van der Waals surface area contributed by atoms with E-state index in [9.17, 15) is 10.1 Å². The molecule has 0 spiro atoms. The number of nitrogens with zero attached hydrogens (tertiary/aromatic N) is 3.